The minimum atomic E-state index is -0.427. The Bertz CT molecular complexity index is 949. The number of amides is 1. The molecule has 0 saturated carbocycles. The molecular formula is C19H24BIN3O4P. The SMILES string of the molecule is Cc1cc(B2OC(C)(C)C(C)(C)O2)ccc1N1CCOc2cnn(PI)c2C1=O. The van der Waals surface area contributed by atoms with Crippen molar-refractivity contribution in [3.8, 4) is 5.75 Å². The van der Waals surface area contributed by atoms with Crippen LogP contribution in [-0.2, 0) is 9.31 Å². The summed E-state index contributed by atoms with van der Waals surface area (Å²) in [7, 11) is -0.427. The number of hydrogen-bond acceptors (Lipinski definition) is 5. The Morgan fingerprint density at radius 1 is 1.21 bits per heavy atom. The van der Waals surface area contributed by atoms with Crippen LogP contribution < -0.4 is 15.1 Å². The molecule has 10 heteroatoms. The largest absolute Gasteiger partial charge is 0.494 e. The van der Waals surface area contributed by atoms with Crippen LogP contribution in [0.5, 0.6) is 5.75 Å². The van der Waals surface area contributed by atoms with Gasteiger partial charge in [-0.25, -0.2) is 4.45 Å². The van der Waals surface area contributed by atoms with E-state index in [-0.39, 0.29) is 5.91 Å². The fraction of sp³-hybridized carbons (Fsp3) is 0.474. The predicted octanol–water partition coefficient (Wildman–Crippen LogP) is 3.32. The van der Waals surface area contributed by atoms with Gasteiger partial charge in [0.2, 0.25) is 0 Å². The maximum atomic E-state index is 13.3. The number of nitrogens with zero attached hydrogens (tertiary/aromatic N) is 3. The van der Waals surface area contributed by atoms with Crippen LogP contribution in [0.4, 0.5) is 5.69 Å². The number of aromatic nitrogens is 2. The molecule has 1 aromatic heterocycles. The number of halogens is 1. The summed E-state index contributed by atoms with van der Waals surface area (Å²) in [5.74, 6) is 0.457. The number of hydrogen-bond donors (Lipinski definition) is 0. The maximum Gasteiger partial charge on any atom is 0.494 e. The van der Waals surface area contributed by atoms with E-state index < -0.39 is 18.3 Å². The van der Waals surface area contributed by atoms with Crippen LogP contribution in [0.25, 0.3) is 0 Å². The summed E-state index contributed by atoms with van der Waals surface area (Å²) in [5.41, 5.74) is 2.51. The molecule has 29 heavy (non-hydrogen) atoms. The van der Waals surface area contributed by atoms with Crippen LogP contribution in [0, 0.1) is 6.92 Å². The molecule has 154 valence electrons. The summed E-state index contributed by atoms with van der Waals surface area (Å²) in [6, 6.07) is 5.97. The second-order valence-corrected chi connectivity index (χ2v) is 10.3. The quantitative estimate of drug-likeness (QED) is 0.349. The average Bonchev–Trinajstić information content (AvgIpc) is 3.10. The van der Waals surface area contributed by atoms with E-state index in [9.17, 15) is 4.79 Å². The first-order chi connectivity index (χ1) is 13.6. The van der Waals surface area contributed by atoms with Gasteiger partial charge in [-0.15, -0.1) is 0 Å². The lowest BCUT2D eigenvalue weighted by Crippen LogP contribution is -2.41. The van der Waals surface area contributed by atoms with Crippen LogP contribution >= 0.6 is 28.4 Å². The minimum absolute atomic E-state index is 0.0920. The summed E-state index contributed by atoms with van der Waals surface area (Å²) in [5, 5.41) is 4.27. The third kappa shape index (κ3) is 3.60. The molecule has 7 nitrogen and oxygen atoms in total. The Kier molecular flexibility index (Phi) is 5.47. The summed E-state index contributed by atoms with van der Waals surface area (Å²) in [6.07, 6.45) is 1.95. The van der Waals surface area contributed by atoms with E-state index in [1.54, 1.807) is 15.5 Å². The third-order valence-corrected chi connectivity index (χ3v) is 7.74. The molecule has 3 heterocycles. The number of carbonyl (C=O) groups is 1. The average molecular weight is 527 g/mol. The number of rotatable bonds is 3. The molecule has 0 bridgehead atoms. The molecule has 0 radical (unpaired) electrons. The number of benzene rings is 1. The molecule has 1 aromatic carbocycles. The van der Waals surface area contributed by atoms with Crippen molar-refractivity contribution in [1.82, 2.24) is 9.55 Å². The van der Waals surface area contributed by atoms with Crippen LogP contribution in [-0.4, -0.2) is 46.9 Å². The van der Waals surface area contributed by atoms with Crippen molar-refractivity contribution in [1.29, 1.82) is 0 Å². The molecule has 0 N–H and O–H groups in total. The highest BCUT2D eigenvalue weighted by atomic mass is 127. The van der Waals surface area contributed by atoms with Gasteiger partial charge in [-0.2, -0.15) is 5.10 Å². The van der Waals surface area contributed by atoms with E-state index in [4.69, 9.17) is 14.0 Å². The molecule has 1 atom stereocenters. The molecule has 1 amide bonds. The normalized spacial score (nSPS) is 20.8. The molecule has 2 aromatic rings. The molecule has 0 aliphatic carbocycles. The van der Waals surface area contributed by atoms with Crippen molar-refractivity contribution in [2.75, 3.05) is 18.1 Å². The van der Waals surface area contributed by atoms with E-state index in [0.29, 0.717) is 31.0 Å². The van der Waals surface area contributed by atoms with Crippen molar-refractivity contribution < 1.29 is 18.8 Å². The van der Waals surface area contributed by atoms with Crippen molar-refractivity contribution in [3.05, 3.63) is 35.7 Å². The molecule has 2 aliphatic rings. The highest BCUT2D eigenvalue weighted by Crippen LogP contribution is 2.37. The highest BCUT2D eigenvalue weighted by Gasteiger charge is 2.51. The smallest absolute Gasteiger partial charge is 0.488 e. The van der Waals surface area contributed by atoms with Gasteiger partial charge in [0.15, 0.2) is 11.4 Å². The van der Waals surface area contributed by atoms with Gasteiger partial charge in [0.25, 0.3) is 5.91 Å². The molecular weight excluding hydrogens is 503 g/mol. The number of ether oxygens (including phenoxy) is 1. The van der Waals surface area contributed by atoms with Gasteiger partial charge in [-0.05, 0) is 73.8 Å². The standard InChI is InChI=1S/C19H24BIN3O4P/c1-12-10-13(20-27-18(2,3)19(4,5)28-20)6-7-14(12)23-8-9-26-15-11-22-24(29-21)16(15)17(23)25/h6-7,10-11,29H,8-9H2,1-5H3. The first kappa shape index (κ1) is 21.1. The highest BCUT2D eigenvalue weighted by molar-refractivity contribution is 14.2. The van der Waals surface area contributed by atoms with Gasteiger partial charge in [0.1, 0.15) is 6.61 Å². The Morgan fingerprint density at radius 3 is 2.52 bits per heavy atom. The molecule has 1 saturated heterocycles. The lowest BCUT2D eigenvalue weighted by molar-refractivity contribution is 0.00578. The molecule has 0 spiro atoms. The van der Waals surface area contributed by atoms with Crippen molar-refractivity contribution in [2.45, 2.75) is 45.8 Å². The van der Waals surface area contributed by atoms with Crippen molar-refractivity contribution in [3.63, 3.8) is 0 Å². The van der Waals surface area contributed by atoms with Crippen molar-refractivity contribution >= 4 is 52.6 Å². The zero-order valence-corrected chi connectivity index (χ0v) is 20.3. The lowest BCUT2D eigenvalue weighted by atomic mass is 9.78. The van der Waals surface area contributed by atoms with E-state index in [0.717, 1.165) is 16.7 Å². The Hall–Kier alpha value is -1.16. The zero-order valence-electron chi connectivity index (χ0n) is 17.2. The van der Waals surface area contributed by atoms with E-state index in [2.05, 4.69) is 27.1 Å². The van der Waals surface area contributed by atoms with Crippen LogP contribution in [0.15, 0.2) is 24.4 Å². The van der Waals surface area contributed by atoms with E-state index in [1.807, 2.05) is 52.8 Å². The van der Waals surface area contributed by atoms with Gasteiger partial charge in [0, 0.05) is 5.69 Å². The third-order valence-electron chi connectivity index (χ3n) is 5.87. The minimum Gasteiger partial charge on any atom is -0.488 e. The van der Waals surface area contributed by atoms with E-state index in [1.165, 1.54) is 0 Å². The Balaban J connectivity index is 1.64. The van der Waals surface area contributed by atoms with Gasteiger partial charge in [0.05, 0.1) is 30.3 Å². The molecule has 4 rings (SSSR count). The first-order valence-electron chi connectivity index (χ1n) is 9.50. The van der Waals surface area contributed by atoms with Gasteiger partial charge >= 0.3 is 7.12 Å². The molecule has 2 aliphatic heterocycles. The number of anilines is 1. The second kappa shape index (κ2) is 7.52. The van der Waals surface area contributed by atoms with Crippen LogP contribution in [0.3, 0.4) is 0 Å². The number of carbonyl (C=O) groups excluding carboxylic acids is 1. The summed E-state index contributed by atoms with van der Waals surface area (Å²) < 4.78 is 19.8. The predicted molar refractivity (Wildman–Crippen MR) is 124 cm³/mol. The fourth-order valence-corrected chi connectivity index (χ4v) is 5.00. The molecule has 1 unspecified atom stereocenters. The van der Waals surface area contributed by atoms with Crippen molar-refractivity contribution in [2.24, 2.45) is 0 Å². The van der Waals surface area contributed by atoms with E-state index >= 15 is 0 Å². The zero-order chi connectivity index (χ0) is 21.0. The van der Waals surface area contributed by atoms with Gasteiger partial charge in [-0.3, -0.25) is 4.79 Å². The maximum absolute atomic E-state index is 13.3. The summed E-state index contributed by atoms with van der Waals surface area (Å²) >= 11 is 2.21. The topological polar surface area (TPSA) is 65.8 Å². The summed E-state index contributed by atoms with van der Waals surface area (Å²) in [4.78, 5) is 15.0. The number of aryl methyl sites for hydroxylation is 1. The Morgan fingerprint density at radius 2 is 1.90 bits per heavy atom. The van der Waals surface area contributed by atoms with Gasteiger partial charge < -0.3 is 18.9 Å². The molecule has 1 fully saturated rings. The monoisotopic (exact) mass is 527 g/mol. The van der Waals surface area contributed by atoms with Crippen LogP contribution in [0.1, 0.15) is 43.7 Å². The van der Waals surface area contributed by atoms with Crippen LogP contribution in [0.2, 0.25) is 0 Å². The number of fused-ring (bicyclic) bond motifs is 1. The fourth-order valence-electron chi connectivity index (χ4n) is 3.51. The summed E-state index contributed by atoms with van der Waals surface area (Å²) in [6.45, 7) is 11.1. The lowest BCUT2D eigenvalue weighted by Gasteiger charge is -2.32. The first-order valence-corrected chi connectivity index (χ1v) is 13.6. The second-order valence-electron chi connectivity index (χ2n) is 8.29. The van der Waals surface area contributed by atoms with Gasteiger partial charge in [-0.1, -0.05) is 12.1 Å². The Labute approximate surface area is 185 Å².